The Labute approximate surface area is 119 Å². The van der Waals surface area contributed by atoms with Gasteiger partial charge in [0.1, 0.15) is 12.4 Å². The van der Waals surface area contributed by atoms with Crippen LogP contribution in [-0.4, -0.2) is 15.3 Å². The second-order valence-electron chi connectivity index (χ2n) is 6.06. The SMILES string of the molecule is Cc1cc(OCc2cc(CNC(C)(C)C)co2)n(C)n1. The van der Waals surface area contributed by atoms with Crippen LogP contribution in [0.3, 0.4) is 0 Å². The number of aryl methyl sites for hydroxylation is 2. The summed E-state index contributed by atoms with van der Waals surface area (Å²) in [5.41, 5.74) is 2.16. The van der Waals surface area contributed by atoms with Gasteiger partial charge in [-0.15, -0.1) is 0 Å². The van der Waals surface area contributed by atoms with Gasteiger partial charge in [0.05, 0.1) is 12.0 Å². The highest BCUT2D eigenvalue weighted by Gasteiger charge is 2.10. The van der Waals surface area contributed by atoms with Gasteiger partial charge in [-0.1, -0.05) is 0 Å². The lowest BCUT2D eigenvalue weighted by molar-refractivity contribution is 0.249. The molecule has 2 heterocycles. The van der Waals surface area contributed by atoms with Gasteiger partial charge < -0.3 is 14.5 Å². The van der Waals surface area contributed by atoms with E-state index in [9.17, 15) is 0 Å². The van der Waals surface area contributed by atoms with Crippen molar-refractivity contribution in [2.75, 3.05) is 0 Å². The van der Waals surface area contributed by atoms with Gasteiger partial charge in [0.15, 0.2) is 0 Å². The van der Waals surface area contributed by atoms with Crippen LogP contribution in [0.5, 0.6) is 5.88 Å². The summed E-state index contributed by atoms with van der Waals surface area (Å²) in [5, 5.41) is 7.66. The molecule has 2 aromatic rings. The number of nitrogens with zero attached hydrogens (tertiary/aromatic N) is 2. The van der Waals surface area contributed by atoms with Crippen molar-refractivity contribution in [1.29, 1.82) is 0 Å². The van der Waals surface area contributed by atoms with Crippen LogP contribution in [0, 0.1) is 6.92 Å². The lowest BCUT2D eigenvalue weighted by Crippen LogP contribution is -2.34. The fourth-order valence-corrected chi connectivity index (χ4v) is 1.83. The second-order valence-corrected chi connectivity index (χ2v) is 6.06. The molecule has 2 rings (SSSR count). The standard InChI is InChI=1S/C15H23N3O2/c1-11-6-14(18(5)17-11)20-10-13-7-12(9-19-13)8-16-15(2,3)4/h6-7,9,16H,8,10H2,1-5H3. The lowest BCUT2D eigenvalue weighted by Gasteiger charge is -2.19. The lowest BCUT2D eigenvalue weighted by atomic mass is 10.1. The number of furan rings is 1. The minimum absolute atomic E-state index is 0.0974. The zero-order chi connectivity index (χ0) is 14.8. The summed E-state index contributed by atoms with van der Waals surface area (Å²) < 4.78 is 12.9. The van der Waals surface area contributed by atoms with Crippen LogP contribution in [0.15, 0.2) is 22.8 Å². The zero-order valence-electron chi connectivity index (χ0n) is 12.9. The number of nitrogens with one attached hydrogen (secondary N) is 1. The van der Waals surface area contributed by atoms with E-state index >= 15 is 0 Å². The van der Waals surface area contributed by atoms with Gasteiger partial charge in [-0.25, -0.2) is 4.68 Å². The molecule has 5 nitrogen and oxygen atoms in total. The van der Waals surface area contributed by atoms with E-state index in [1.165, 1.54) is 0 Å². The third-order valence-corrected chi connectivity index (χ3v) is 2.85. The molecule has 0 radical (unpaired) electrons. The van der Waals surface area contributed by atoms with E-state index in [-0.39, 0.29) is 5.54 Å². The maximum Gasteiger partial charge on any atom is 0.212 e. The summed E-state index contributed by atoms with van der Waals surface area (Å²) in [6.07, 6.45) is 1.77. The quantitative estimate of drug-likeness (QED) is 0.913. The van der Waals surface area contributed by atoms with Crippen molar-refractivity contribution in [3.63, 3.8) is 0 Å². The molecule has 0 fully saturated rings. The predicted octanol–water partition coefficient (Wildman–Crippen LogP) is 2.79. The van der Waals surface area contributed by atoms with Crippen LogP contribution < -0.4 is 10.1 Å². The van der Waals surface area contributed by atoms with Crippen molar-refractivity contribution in [3.05, 3.63) is 35.4 Å². The van der Waals surface area contributed by atoms with Gasteiger partial charge in [0.25, 0.3) is 0 Å². The molecule has 0 spiro atoms. The van der Waals surface area contributed by atoms with Crippen LogP contribution in [0.25, 0.3) is 0 Å². The minimum Gasteiger partial charge on any atom is -0.470 e. The van der Waals surface area contributed by atoms with E-state index in [2.05, 4.69) is 31.2 Å². The smallest absolute Gasteiger partial charge is 0.212 e. The van der Waals surface area contributed by atoms with Crippen LogP contribution in [0.1, 0.15) is 37.8 Å². The van der Waals surface area contributed by atoms with E-state index < -0.39 is 0 Å². The van der Waals surface area contributed by atoms with Crippen LogP contribution in [-0.2, 0) is 20.2 Å². The van der Waals surface area contributed by atoms with Crippen LogP contribution in [0.4, 0.5) is 0 Å². The third kappa shape index (κ3) is 4.13. The maximum absolute atomic E-state index is 5.69. The Morgan fingerprint density at radius 1 is 1.35 bits per heavy atom. The van der Waals surface area contributed by atoms with Crippen molar-refractivity contribution in [2.24, 2.45) is 7.05 Å². The van der Waals surface area contributed by atoms with Crippen molar-refractivity contribution >= 4 is 0 Å². The Bertz CT molecular complexity index is 564. The van der Waals surface area contributed by atoms with Crippen LogP contribution >= 0.6 is 0 Å². The maximum atomic E-state index is 5.69. The highest BCUT2D eigenvalue weighted by molar-refractivity contribution is 5.16. The highest BCUT2D eigenvalue weighted by atomic mass is 16.5. The van der Waals surface area contributed by atoms with Crippen molar-refractivity contribution in [1.82, 2.24) is 15.1 Å². The van der Waals surface area contributed by atoms with Gasteiger partial charge in [0.2, 0.25) is 5.88 Å². The molecule has 5 heteroatoms. The normalized spacial score (nSPS) is 11.8. The fraction of sp³-hybridized carbons (Fsp3) is 0.533. The van der Waals surface area contributed by atoms with Gasteiger partial charge >= 0.3 is 0 Å². The summed E-state index contributed by atoms with van der Waals surface area (Å²) in [6, 6.07) is 3.92. The molecule has 2 aromatic heterocycles. The number of hydrogen-bond donors (Lipinski definition) is 1. The topological polar surface area (TPSA) is 52.2 Å². The first-order valence-corrected chi connectivity index (χ1v) is 6.78. The Balaban J connectivity index is 1.88. The summed E-state index contributed by atoms with van der Waals surface area (Å²) in [5.74, 6) is 1.56. The zero-order valence-corrected chi connectivity index (χ0v) is 12.9. The summed E-state index contributed by atoms with van der Waals surface area (Å²) in [6.45, 7) is 9.56. The van der Waals surface area contributed by atoms with Crippen molar-refractivity contribution in [2.45, 2.75) is 46.4 Å². The molecule has 0 aliphatic rings. The molecule has 0 saturated carbocycles. The van der Waals surface area contributed by atoms with Gasteiger partial charge in [-0.2, -0.15) is 5.10 Å². The van der Waals surface area contributed by atoms with Gasteiger partial charge in [-0.05, 0) is 33.8 Å². The summed E-state index contributed by atoms with van der Waals surface area (Å²) in [4.78, 5) is 0. The molecule has 0 unspecified atom stereocenters. The minimum atomic E-state index is 0.0974. The van der Waals surface area contributed by atoms with E-state index in [1.807, 2.05) is 26.1 Å². The first-order valence-electron chi connectivity index (χ1n) is 6.78. The third-order valence-electron chi connectivity index (χ3n) is 2.85. The molecular weight excluding hydrogens is 254 g/mol. The average molecular weight is 277 g/mol. The molecule has 1 N–H and O–H groups in total. The Morgan fingerprint density at radius 2 is 2.10 bits per heavy atom. The highest BCUT2D eigenvalue weighted by Crippen LogP contribution is 2.15. The van der Waals surface area contributed by atoms with Gasteiger partial charge in [0, 0.05) is 30.8 Å². The summed E-state index contributed by atoms with van der Waals surface area (Å²) >= 11 is 0. The second kappa shape index (κ2) is 5.71. The van der Waals surface area contributed by atoms with E-state index in [1.54, 1.807) is 10.9 Å². The first kappa shape index (κ1) is 14.7. The van der Waals surface area contributed by atoms with Crippen LogP contribution in [0.2, 0.25) is 0 Å². The predicted molar refractivity (Wildman–Crippen MR) is 77.6 cm³/mol. The molecule has 0 aliphatic heterocycles. The average Bonchev–Trinajstić information content (AvgIpc) is 2.90. The van der Waals surface area contributed by atoms with Crippen molar-refractivity contribution < 1.29 is 9.15 Å². The number of ether oxygens (including phenoxy) is 1. The molecular formula is C15H23N3O2. The largest absolute Gasteiger partial charge is 0.470 e. The Hall–Kier alpha value is -1.75. The van der Waals surface area contributed by atoms with E-state index in [0.29, 0.717) is 6.61 Å². The van der Waals surface area contributed by atoms with E-state index in [0.717, 1.165) is 29.4 Å². The number of aromatic nitrogens is 2. The molecule has 0 atom stereocenters. The Kier molecular flexibility index (Phi) is 4.18. The Morgan fingerprint density at radius 3 is 2.70 bits per heavy atom. The van der Waals surface area contributed by atoms with E-state index in [4.69, 9.17) is 9.15 Å². The van der Waals surface area contributed by atoms with Gasteiger partial charge in [-0.3, -0.25) is 0 Å². The molecule has 0 aliphatic carbocycles. The molecule has 0 aromatic carbocycles. The molecule has 0 saturated heterocycles. The monoisotopic (exact) mass is 277 g/mol. The molecule has 0 amide bonds. The molecule has 20 heavy (non-hydrogen) atoms. The number of hydrogen-bond acceptors (Lipinski definition) is 4. The molecule has 0 bridgehead atoms. The number of rotatable bonds is 5. The van der Waals surface area contributed by atoms with Crippen molar-refractivity contribution in [3.8, 4) is 5.88 Å². The summed E-state index contributed by atoms with van der Waals surface area (Å²) in [7, 11) is 1.86. The first-order chi connectivity index (χ1) is 9.33. The fourth-order valence-electron chi connectivity index (χ4n) is 1.83. The molecule has 110 valence electrons.